The minimum atomic E-state index is -0.0498. The topological polar surface area (TPSA) is 63.8 Å². The molecule has 1 unspecified atom stereocenters. The van der Waals surface area contributed by atoms with Crippen LogP contribution >= 0.6 is 0 Å². The summed E-state index contributed by atoms with van der Waals surface area (Å²) in [6.07, 6.45) is 0. The van der Waals surface area contributed by atoms with E-state index in [9.17, 15) is 4.79 Å². The number of hydrogen-bond acceptors (Lipinski definition) is 3. The molecule has 0 amide bonds. The first-order chi connectivity index (χ1) is 19.5. The maximum atomic E-state index is 12.6. The zero-order valence-corrected chi connectivity index (χ0v) is 22.5. The zero-order valence-electron chi connectivity index (χ0n) is 22.5. The molecule has 1 aliphatic heterocycles. The molecule has 0 spiro atoms. The summed E-state index contributed by atoms with van der Waals surface area (Å²) in [4.78, 5) is 21.3. The molecule has 0 radical (unpaired) electrons. The van der Waals surface area contributed by atoms with Crippen LogP contribution in [-0.4, -0.2) is 14.5 Å². The van der Waals surface area contributed by atoms with Gasteiger partial charge in [-0.15, -0.1) is 0 Å². The normalized spacial score (nSPS) is 14.4. The van der Waals surface area contributed by atoms with Crippen LogP contribution in [0.1, 0.15) is 49.3 Å². The summed E-state index contributed by atoms with van der Waals surface area (Å²) in [6, 6.07) is 30.7. The van der Waals surface area contributed by atoms with E-state index in [1.54, 1.807) is 12.1 Å². The quantitative estimate of drug-likeness (QED) is 0.253. The van der Waals surface area contributed by atoms with Gasteiger partial charge in [-0.1, -0.05) is 75.4 Å². The molecule has 0 aliphatic carbocycles. The Hall–Kier alpha value is -4.90. The predicted octanol–water partition coefficient (Wildman–Crippen LogP) is 8.54. The minimum Gasteiger partial charge on any atom is -0.454 e. The van der Waals surface area contributed by atoms with Crippen molar-refractivity contribution in [2.24, 2.45) is 0 Å². The molecule has 40 heavy (non-hydrogen) atoms. The largest absolute Gasteiger partial charge is 0.454 e. The fourth-order valence-corrected chi connectivity index (χ4v) is 6.44. The molecule has 5 heteroatoms. The summed E-state index contributed by atoms with van der Waals surface area (Å²) in [5, 5.41) is 0.582. The van der Waals surface area contributed by atoms with E-state index < -0.39 is 0 Å². The highest BCUT2D eigenvalue weighted by Crippen LogP contribution is 2.45. The molecular weight excluding hydrogens is 494 g/mol. The number of benzene rings is 4. The van der Waals surface area contributed by atoms with Gasteiger partial charge in [-0.2, -0.15) is 0 Å². The Morgan fingerprint density at radius 1 is 0.850 bits per heavy atom. The molecular formula is C35H27N3O2. The third-order valence-electron chi connectivity index (χ3n) is 8.38. The summed E-state index contributed by atoms with van der Waals surface area (Å²) in [5.41, 5.74) is 12.3. The van der Waals surface area contributed by atoms with E-state index in [0.717, 1.165) is 33.7 Å². The molecule has 1 aliphatic rings. The summed E-state index contributed by atoms with van der Waals surface area (Å²) in [5.74, 6) is 1.60. The number of fused-ring (bicyclic) bond motifs is 5. The van der Waals surface area contributed by atoms with Crippen LogP contribution in [0, 0.1) is 0 Å². The first kappa shape index (κ1) is 23.0. The summed E-state index contributed by atoms with van der Waals surface area (Å²) in [7, 11) is 0. The highest BCUT2D eigenvalue weighted by Gasteiger charge is 2.30. The van der Waals surface area contributed by atoms with Gasteiger partial charge in [0.1, 0.15) is 11.4 Å². The molecule has 0 fully saturated rings. The monoisotopic (exact) mass is 521 g/mol. The van der Waals surface area contributed by atoms with Crippen LogP contribution in [0.5, 0.6) is 0 Å². The predicted molar refractivity (Wildman–Crippen MR) is 161 cm³/mol. The fourth-order valence-electron chi connectivity index (χ4n) is 6.44. The van der Waals surface area contributed by atoms with E-state index in [0.29, 0.717) is 22.5 Å². The second-order valence-electron chi connectivity index (χ2n) is 11.1. The number of aromatic amines is 1. The van der Waals surface area contributed by atoms with Crippen LogP contribution in [0.4, 0.5) is 0 Å². The Bertz CT molecular complexity index is 2190. The van der Waals surface area contributed by atoms with Gasteiger partial charge in [0, 0.05) is 17.2 Å². The number of H-pyrrole nitrogens is 1. The fraction of sp³-hybridized carbons (Fsp3) is 0.143. The molecule has 1 N–H and O–H groups in total. The molecule has 0 bridgehead atoms. The first-order valence-electron chi connectivity index (χ1n) is 13.8. The number of para-hydroxylation sites is 2. The maximum Gasteiger partial charge on any atom is 0.191 e. The van der Waals surface area contributed by atoms with E-state index in [-0.39, 0.29) is 11.3 Å². The average molecular weight is 522 g/mol. The molecule has 0 saturated heterocycles. The van der Waals surface area contributed by atoms with Crippen molar-refractivity contribution in [1.29, 1.82) is 0 Å². The minimum absolute atomic E-state index is 0.0498. The van der Waals surface area contributed by atoms with E-state index >= 15 is 0 Å². The van der Waals surface area contributed by atoms with Gasteiger partial charge in [-0.05, 0) is 64.6 Å². The molecule has 4 heterocycles. The third kappa shape index (κ3) is 3.15. The lowest BCUT2D eigenvalue weighted by Crippen LogP contribution is -2.15. The standard InChI is InChI=1S/C35H27N3O2/c1-19(2)23-10-5-11-24-20(3)25-12-6-13-27-34(25)38(33(23)24)35(37-27)22-9-4-8-21(18-22)26-16-17-30-32(36-26)31-28(39)14-7-15-29(31)40-30/h4-20,36H,1-3H3. The number of rotatable bonds is 3. The van der Waals surface area contributed by atoms with Crippen molar-refractivity contribution in [2.45, 2.75) is 32.6 Å². The summed E-state index contributed by atoms with van der Waals surface area (Å²) < 4.78 is 8.31. The van der Waals surface area contributed by atoms with Gasteiger partial charge in [-0.25, -0.2) is 4.98 Å². The van der Waals surface area contributed by atoms with Gasteiger partial charge >= 0.3 is 0 Å². The highest BCUT2D eigenvalue weighted by molar-refractivity contribution is 6.03. The lowest BCUT2D eigenvalue weighted by molar-refractivity contribution is 0.668. The number of nitrogens with zero attached hydrogens (tertiary/aromatic N) is 2. The lowest BCUT2D eigenvalue weighted by atomic mass is 9.84. The van der Waals surface area contributed by atoms with Crippen LogP contribution in [0.2, 0.25) is 0 Å². The van der Waals surface area contributed by atoms with E-state index in [2.05, 4.69) is 91.0 Å². The van der Waals surface area contributed by atoms with Crippen LogP contribution in [0.15, 0.2) is 100 Å². The average Bonchev–Trinajstić information content (AvgIpc) is 3.55. The van der Waals surface area contributed by atoms with Crippen LogP contribution in [-0.2, 0) is 0 Å². The molecule has 3 aromatic heterocycles. The van der Waals surface area contributed by atoms with Crippen molar-refractivity contribution in [3.63, 3.8) is 0 Å². The van der Waals surface area contributed by atoms with Gasteiger partial charge in [0.2, 0.25) is 0 Å². The number of furan rings is 1. The van der Waals surface area contributed by atoms with Gasteiger partial charge in [0.15, 0.2) is 11.0 Å². The molecule has 8 rings (SSSR count). The molecule has 0 saturated carbocycles. The number of pyridine rings is 1. The summed E-state index contributed by atoms with van der Waals surface area (Å²) >= 11 is 0. The van der Waals surface area contributed by atoms with Crippen molar-refractivity contribution in [1.82, 2.24) is 14.5 Å². The van der Waals surface area contributed by atoms with Crippen LogP contribution in [0.3, 0.4) is 0 Å². The van der Waals surface area contributed by atoms with Gasteiger partial charge < -0.3 is 9.40 Å². The Labute approximate surface area is 230 Å². The Balaban J connectivity index is 1.36. The van der Waals surface area contributed by atoms with E-state index in [1.807, 2.05) is 18.2 Å². The van der Waals surface area contributed by atoms with Crippen molar-refractivity contribution < 1.29 is 4.42 Å². The molecule has 4 aromatic carbocycles. The number of nitrogens with one attached hydrogen (secondary N) is 1. The second-order valence-corrected chi connectivity index (χ2v) is 11.1. The zero-order chi connectivity index (χ0) is 27.1. The van der Waals surface area contributed by atoms with E-state index in [4.69, 9.17) is 9.40 Å². The van der Waals surface area contributed by atoms with Crippen molar-refractivity contribution in [3.8, 4) is 28.3 Å². The lowest BCUT2D eigenvalue weighted by Gasteiger charge is -2.29. The highest BCUT2D eigenvalue weighted by atomic mass is 16.3. The molecule has 7 aromatic rings. The van der Waals surface area contributed by atoms with Crippen LogP contribution in [0.25, 0.3) is 61.4 Å². The van der Waals surface area contributed by atoms with Crippen molar-refractivity contribution in [3.05, 3.63) is 118 Å². The molecule has 194 valence electrons. The third-order valence-corrected chi connectivity index (χ3v) is 8.38. The van der Waals surface area contributed by atoms with Gasteiger partial charge in [0.25, 0.3) is 0 Å². The Kier molecular flexibility index (Phi) is 4.78. The summed E-state index contributed by atoms with van der Waals surface area (Å²) in [6.45, 7) is 6.81. The Morgan fingerprint density at radius 2 is 1.62 bits per heavy atom. The number of hydrogen-bond donors (Lipinski definition) is 1. The first-order valence-corrected chi connectivity index (χ1v) is 13.8. The maximum absolute atomic E-state index is 12.6. The van der Waals surface area contributed by atoms with Gasteiger partial charge in [0.05, 0.1) is 27.6 Å². The number of imidazole rings is 1. The van der Waals surface area contributed by atoms with Crippen molar-refractivity contribution in [2.75, 3.05) is 0 Å². The molecule has 5 nitrogen and oxygen atoms in total. The van der Waals surface area contributed by atoms with Crippen LogP contribution < -0.4 is 5.43 Å². The second kappa shape index (κ2) is 8.30. The molecule has 1 atom stereocenters. The van der Waals surface area contributed by atoms with Gasteiger partial charge in [-0.3, -0.25) is 9.36 Å². The van der Waals surface area contributed by atoms with Crippen molar-refractivity contribution >= 4 is 33.1 Å². The Morgan fingerprint density at radius 3 is 2.50 bits per heavy atom. The smallest absolute Gasteiger partial charge is 0.191 e. The number of aromatic nitrogens is 3. The SMILES string of the molecule is CC(C)c1cccc2c1-n1c(-c3cccc(-c4ccc5oc6cccc(=O)c6c5[nH]4)c3)nc3cccc(c31)C2C. The van der Waals surface area contributed by atoms with E-state index in [1.165, 1.54) is 27.9 Å².